The SMILES string of the molecule is CCCCCCCCCCCCCCCCO.OCc1ccccc1. The van der Waals surface area contributed by atoms with Gasteiger partial charge in [0.2, 0.25) is 0 Å². The number of hydrogen-bond acceptors (Lipinski definition) is 2. The van der Waals surface area contributed by atoms with E-state index < -0.39 is 0 Å². The number of aliphatic hydroxyl groups is 2. The summed E-state index contributed by atoms with van der Waals surface area (Å²) < 4.78 is 0. The Morgan fingerprint density at radius 3 is 1.28 bits per heavy atom. The van der Waals surface area contributed by atoms with Gasteiger partial charge in [0.25, 0.3) is 0 Å². The van der Waals surface area contributed by atoms with Crippen LogP contribution in [-0.2, 0) is 6.61 Å². The molecule has 2 heteroatoms. The lowest BCUT2D eigenvalue weighted by atomic mass is 10.0. The van der Waals surface area contributed by atoms with Crippen molar-refractivity contribution < 1.29 is 10.2 Å². The largest absolute Gasteiger partial charge is 0.396 e. The number of rotatable bonds is 15. The van der Waals surface area contributed by atoms with E-state index in [1.807, 2.05) is 30.3 Å². The predicted octanol–water partition coefficient (Wildman–Crippen LogP) is 6.64. The molecule has 1 aromatic carbocycles. The van der Waals surface area contributed by atoms with E-state index in [2.05, 4.69) is 6.92 Å². The van der Waals surface area contributed by atoms with Crippen molar-refractivity contribution in [2.24, 2.45) is 0 Å². The number of benzene rings is 1. The number of hydrogen-bond donors (Lipinski definition) is 2. The fraction of sp³-hybridized carbons (Fsp3) is 0.739. The van der Waals surface area contributed by atoms with Gasteiger partial charge in [-0.3, -0.25) is 0 Å². The summed E-state index contributed by atoms with van der Waals surface area (Å²) in [4.78, 5) is 0. The van der Waals surface area contributed by atoms with E-state index in [1.54, 1.807) is 0 Å². The van der Waals surface area contributed by atoms with Crippen LogP contribution in [0.5, 0.6) is 0 Å². The molecule has 0 aromatic heterocycles. The van der Waals surface area contributed by atoms with E-state index in [-0.39, 0.29) is 6.61 Å². The number of aliphatic hydroxyl groups excluding tert-OH is 2. The fourth-order valence-corrected chi connectivity index (χ4v) is 2.89. The first-order valence-electron chi connectivity index (χ1n) is 10.6. The van der Waals surface area contributed by atoms with Gasteiger partial charge >= 0.3 is 0 Å². The zero-order chi connectivity index (χ0) is 18.4. The van der Waals surface area contributed by atoms with Gasteiger partial charge in [0.15, 0.2) is 0 Å². The molecule has 0 amide bonds. The van der Waals surface area contributed by atoms with Crippen molar-refractivity contribution in [1.29, 1.82) is 0 Å². The molecule has 2 nitrogen and oxygen atoms in total. The molecule has 146 valence electrons. The highest BCUT2D eigenvalue weighted by atomic mass is 16.3. The summed E-state index contributed by atoms with van der Waals surface area (Å²) in [5.74, 6) is 0. The molecule has 0 saturated heterocycles. The van der Waals surface area contributed by atoms with Gasteiger partial charge in [0.1, 0.15) is 0 Å². The van der Waals surface area contributed by atoms with Crippen LogP contribution in [0.4, 0.5) is 0 Å². The minimum atomic E-state index is 0.140. The highest BCUT2D eigenvalue weighted by Gasteiger charge is 1.93. The second kappa shape index (κ2) is 21.2. The third-order valence-corrected chi connectivity index (χ3v) is 4.54. The Bertz CT molecular complexity index is 323. The Morgan fingerprint density at radius 2 is 0.960 bits per heavy atom. The smallest absolute Gasteiger partial charge is 0.0681 e. The second-order valence-corrected chi connectivity index (χ2v) is 6.96. The quantitative estimate of drug-likeness (QED) is 0.348. The van der Waals surface area contributed by atoms with Crippen LogP contribution in [0, 0.1) is 0 Å². The molecule has 0 aliphatic rings. The van der Waals surface area contributed by atoms with E-state index in [0.29, 0.717) is 6.61 Å². The molecule has 0 unspecified atom stereocenters. The normalized spacial score (nSPS) is 10.4. The summed E-state index contributed by atoms with van der Waals surface area (Å²) in [5, 5.41) is 17.2. The molecule has 0 radical (unpaired) electrons. The first kappa shape index (κ1) is 24.1. The van der Waals surface area contributed by atoms with Gasteiger partial charge in [0.05, 0.1) is 6.61 Å². The average molecular weight is 351 g/mol. The Labute approximate surface area is 156 Å². The van der Waals surface area contributed by atoms with Gasteiger partial charge in [0, 0.05) is 6.61 Å². The molecule has 1 aromatic rings. The molecule has 1 rings (SSSR count). The summed E-state index contributed by atoms with van der Waals surface area (Å²) in [6, 6.07) is 9.52. The van der Waals surface area contributed by atoms with E-state index in [9.17, 15) is 0 Å². The zero-order valence-electron chi connectivity index (χ0n) is 16.6. The number of unbranched alkanes of at least 4 members (excludes halogenated alkanes) is 13. The van der Waals surface area contributed by atoms with Crippen LogP contribution in [0.3, 0.4) is 0 Å². The lowest BCUT2D eigenvalue weighted by molar-refractivity contribution is 0.281. The van der Waals surface area contributed by atoms with Crippen molar-refractivity contribution in [3.63, 3.8) is 0 Å². The molecule has 0 saturated carbocycles. The molecule has 0 aliphatic carbocycles. The van der Waals surface area contributed by atoms with Crippen LogP contribution < -0.4 is 0 Å². The lowest BCUT2D eigenvalue weighted by Crippen LogP contribution is -1.84. The van der Waals surface area contributed by atoms with E-state index >= 15 is 0 Å². The fourth-order valence-electron chi connectivity index (χ4n) is 2.89. The topological polar surface area (TPSA) is 40.5 Å². The van der Waals surface area contributed by atoms with Gasteiger partial charge in [-0.2, -0.15) is 0 Å². The Kier molecular flexibility index (Phi) is 20.5. The van der Waals surface area contributed by atoms with Crippen LogP contribution in [0.1, 0.15) is 102 Å². The van der Waals surface area contributed by atoms with E-state index in [4.69, 9.17) is 10.2 Å². The van der Waals surface area contributed by atoms with Crippen molar-refractivity contribution in [3.05, 3.63) is 35.9 Å². The Balaban J connectivity index is 0.000000593. The average Bonchev–Trinajstić information content (AvgIpc) is 2.67. The van der Waals surface area contributed by atoms with Gasteiger partial charge in [-0.25, -0.2) is 0 Å². The van der Waals surface area contributed by atoms with Crippen molar-refractivity contribution in [2.75, 3.05) is 6.61 Å². The molecule has 0 heterocycles. The summed E-state index contributed by atoms with van der Waals surface area (Å²) in [5.41, 5.74) is 0.965. The lowest BCUT2D eigenvalue weighted by Gasteiger charge is -2.02. The maximum atomic E-state index is 8.64. The van der Waals surface area contributed by atoms with Gasteiger partial charge in [-0.15, -0.1) is 0 Å². The molecule has 0 aliphatic heterocycles. The van der Waals surface area contributed by atoms with Crippen LogP contribution in [0.25, 0.3) is 0 Å². The molecule has 0 fully saturated rings. The highest BCUT2D eigenvalue weighted by Crippen LogP contribution is 2.12. The molecule has 2 N–H and O–H groups in total. The third kappa shape index (κ3) is 19.3. The van der Waals surface area contributed by atoms with Gasteiger partial charge in [-0.05, 0) is 12.0 Å². The predicted molar refractivity (Wildman–Crippen MR) is 110 cm³/mol. The Morgan fingerprint density at radius 1 is 0.560 bits per heavy atom. The molecule has 0 atom stereocenters. The monoisotopic (exact) mass is 350 g/mol. The Hall–Kier alpha value is -0.860. The van der Waals surface area contributed by atoms with Gasteiger partial charge in [-0.1, -0.05) is 121 Å². The van der Waals surface area contributed by atoms with Gasteiger partial charge < -0.3 is 10.2 Å². The molecule has 0 bridgehead atoms. The minimum absolute atomic E-state index is 0.140. The van der Waals surface area contributed by atoms with Crippen molar-refractivity contribution in [3.8, 4) is 0 Å². The first-order valence-corrected chi connectivity index (χ1v) is 10.6. The summed E-state index contributed by atoms with van der Waals surface area (Å²) >= 11 is 0. The summed E-state index contributed by atoms with van der Waals surface area (Å²) in [6.07, 6.45) is 19.2. The van der Waals surface area contributed by atoms with Crippen molar-refractivity contribution >= 4 is 0 Å². The van der Waals surface area contributed by atoms with Crippen molar-refractivity contribution in [1.82, 2.24) is 0 Å². The molecule has 0 spiro atoms. The summed E-state index contributed by atoms with van der Waals surface area (Å²) in [6.45, 7) is 2.79. The maximum absolute atomic E-state index is 8.64. The van der Waals surface area contributed by atoms with Crippen LogP contribution in [0.15, 0.2) is 30.3 Å². The van der Waals surface area contributed by atoms with E-state index in [1.165, 1.54) is 83.5 Å². The zero-order valence-corrected chi connectivity index (χ0v) is 16.6. The molecular weight excluding hydrogens is 308 g/mol. The molecule has 25 heavy (non-hydrogen) atoms. The van der Waals surface area contributed by atoms with Crippen LogP contribution >= 0.6 is 0 Å². The second-order valence-electron chi connectivity index (χ2n) is 6.96. The van der Waals surface area contributed by atoms with Crippen LogP contribution in [-0.4, -0.2) is 16.8 Å². The maximum Gasteiger partial charge on any atom is 0.0681 e. The van der Waals surface area contributed by atoms with E-state index in [0.717, 1.165) is 12.0 Å². The highest BCUT2D eigenvalue weighted by molar-refractivity contribution is 5.12. The third-order valence-electron chi connectivity index (χ3n) is 4.54. The molecular formula is C23H42O2. The minimum Gasteiger partial charge on any atom is -0.396 e. The van der Waals surface area contributed by atoms with Crippen molar-refractivity contribution in [2.45, 2.75) is 103 Å². The standard InChI is InChI=1S/C16H34O.C7H8O/c1-2-3-4-5-6-7-8-9-10-11-12-13-14-15-16-17;8-6-7-4-2-1-3-5-7/h17H,2-16H2,1H3;1-5,8H,6H2. The first-order chi connectivity index (χ1) is 12.3. The summed E-state index contributed by atoms with van der Waals surface area (Å²) in [7, 11) is 0. The van der Waals surface area contributed by atoms with Crippen LogP contribution in [0.2, 0.25) is 0 Å².